The lowest BCUT2D eigenvalue weighted by Gasteiger charge is -1.95. The van der Waals surface area contributed by atoms with Crippen molar-refractivity contribution in [3.05, 3.63) is 23.5 Å². The first-order chi connectivity index (χ1) is 4.70. The van der Waals surface area contributed by atoms with Gasteiger partial charge in [0, 0.05) is 0 Å². The van der Waals surface area contributed by atoms with E-state index in [9.17, 15) is 8.78 Å². The topological polar surface area (TPSA) is 25.8 Å². The molecule has 0 amide bonds. The van der Waals surface area contributed by atoms with Gasteiger partial charge >= 0.3 is 0 Å². The number of hydrogen-bond donors (Lipinski definition) is 0. The third-order valence-electron chi connectivity index (χ3n) is 1.04. The van der Waals surface area contributed by atoms with E-state index in [1.807, 2.05) is 0 Å². The Morgan fingerprint density at radius 1 is 1.30 bits per heavy atom. The van der Waals surface area contributed by atoms with Gasteiger partial charge in [0.1, 0.15) is 5.69 Å². The molecular formula is C6H6F2N2. The van der Waals surface area contributed by atoms with Crippen LogP contribution in [0.4, 0.5) is 8.78 Å². The van der Waals surface area contributed by atoms with E-state index in [2.05, 4.69) is 10.2 Å². The Morgan fingerprint density at radius 2 is 2.00 bits per heavy atom. The highest BCUT2D eigenvalue weighted by Crippen LogP contribution is 2.13. The summed E-state index contributed by atoms with van der Waals surface area (Å²) >= 11 is 0. The molecule has 54 valence electrons. The zero-order valence-corrected chi connectivity index (χ0v) is 5.38. The van der Waals surface area contributed by atoms with Gasteiger partial charge in [-0.15, -0.1) is 5.10 Å². The Morgan fingerprint density at radius 3 is 2.40 bits per heavy atom. The summed E-state index contributed by atoms with van der Waals surface area (Å²) in [7, 11) is 0. The Bertz CT molecular complexity index is 207. The number of aromatic nitrogens is 2. The van der Waals surface area contributed by atoms with Crippen LogP contribution in [0, 0.1) is 6.92 Å². The van der Waals surface area contributed by atoms with Crippen molar-refractivity contribution < 1.29 is 8.78 Å². The predicted octanol–water partition coefficient (Wildman–Crippen LogP) is 1.72. The fourth-order valence-corrected chi connectivity index (χ4v) is 0.526. The third-order valence-corrected chi connectivity index (χ3v) is 1.04. The van der Waals surface area contributed by atoms with Crippen molar-refractivity contribution in [1.82, 2.24) is 10.2 Å². The van der Waals surface area contributed by atoms with Gasteiger partial charge in [0.25, 0.3) is 6.43 Å². The van der Waals surface area contributed by atoms with Gasteiger partial charge in [-0.3, -0.25) is 0 Å². The van der Waals surface area contributed by atoms with E-state index in [-0.39, 0.29) is 5.69 Å². The fraction of sp³-hybridized carbons (Fsp3) is 0.333. The van der Waals surface area contributed by atoms with Gasteiger partial charge in [0.05, 0.1) is 5.69 Å². The summed E-state index contributed by atoms with van der Waals surface area (Å²) in [5.41, 5.74) is 0.370. The van der Waals surface area contributed by atoms with Crippen molar-refractivity contribution in [3.63, 3.8) is 0 Å². The maximum Gasteiger partial charge on any atom is 0.282 e. The second kappa shape index (κ2) is 2.68. The van der Waals surface area contributed by atoms with E-state index in [0.29, 0.717) is 5.69 Å². The van der Waals surface area contributed by atoms with Gasteiger partial charge in [0.15, 0.2) is 0 Å². The highest BCUT2D eigenvalue weighted by Gasteiger charge is 2.07. The van der Waals surface area contributed by atoms with Crippen LogP contribution in [-0.4, -0.2) is 10.2 Å². The van der Waals surface area contributed by atoms with Crippen molar-refractivity contribution in [2.75, 3.05) is 0 Å². The largest absolute Gasteiger partial charge is 0.282 e. The summed E-state index contributed by atoms with van der Waals surface area (Å²) in [5, 5.41) is 6.75. The molecule has 0 fully saturated rings. The molecule has 0 aliphatic heterocycles. The first kappa shape index (κ1) is 7.05. The van der Waals surface area contributed by atoms with Gasteiger partial charge in [-0.1, -0.05) is 0 Å². The molecule has 0 saturated heterocycles. The zero-order chi connectivity index (χ0) is 7.56. The van der Waals surface area contributed by atoms with E-state index in [4.69, 9.17) is 0 Å². The highest BCUT2D eigenvalue weighted by atomic mass is 19.3. The summed E-state index contributed by atoms with van der Waals surface area (Å²) in [6.45, 7) is 1.70. The molecule has 0 aromatic carbocycles. The number of aryl methyl sites for hydroxylation is 1. The lowest BCUT2D eigenvalue weighted by atomic mass is 10.3. The minimum atomic E-state index is -2.52. The standard InChI is InChI=1S/C6H6F2N2/c1-4-2-3-5(6(7)8)10-9-4/h2-3,6H,1H3. The molecule has 10 heavy (non-hydrogen) atoms. The highest BCUT2D eigenvalue weighted by molar-refractivity contribution is 5.05. The van der Waals surface area contributed by atoms with Crippen LogP contribution in [0.3, 0.4) is 0 Å². The van der Waals surface area contributed by atoms with Gasteiger partial charge in [-0.25, -0.2) is 8.78 Å². The van der Waals surface area contributed by atoms with Crippen LogP contribution in [-0.2, 0) is 0 Å². The average Bonchev–Trinajstić information content (AvgIpc) is 1.88. The van der Waals surface area contributed by atoms with Crippen LogP contribution in [0.1, 0.15) is 17.8 Å². The van der Waals surface area contributed by atoms with Gasteiger partial charge in [0.2, 0.25) is 0 Å². The number of nitrogens with zero attached hydrogens (tertiary/aromatic N) is 2. The molecule has 1 rings (SSSR count). The van der Waals surface area contributed by atoms with Gasteiger partial charge < -0.3 is 0 Å². The van der Waals surface area contributed by atoms with Crippen LogP contribution in [0.5, 0.6) is 0 Å². The molecule has 1 aromatic rings. The number of alkyl halides is 2. The van der Waals surface area contributed by atoms with Gasteiger partial charge in [-0.05, 0) is 19.1 Å². The summed E-state index contributed by atoms with van der Waals surface area (Å²) in [4.78, 5) is 0. The normalized spacial score (nSPS) is 10.4. The second-order valence-electron chi connectivity index (χ2n) is 1.90. The molecule has 2 nitrogen and oxygen atoms in total. The van der Waals surface area contributed by atoms with E-state index in [1.165, 1.54) is 12.1 Å². The molecule has 4 heteroatoms. The van der Waals surface area contributed by atoms with Crippen LogP contribution in [0.25, 0.3) is 0 Å². The zero-order valence-electron chi connectivity index (χ0n) is 5.38. The maximum absolute atomic E-state index is 11.8. The first-order valence-corrected chi connectivity index (χ1v) is 2.78. The van der Waals surface area contributed by atoms with E-state index in [0.717, 1.165) is 0 Å². The Hall–Kier alpha value is -1.06. The van der Waals surface area contributed by atoms with Crippen LogP contribution in [0.15, 0.2) is 12.1 Å². The SMILES string of the molecule is Cc1ccc(C(F)F)nn1. The summed E-state index contributed by atoms with van der Waals surface area (Å²) in [6, 6.07) is 2.78. The molecule has 0 spiro atoms. The minimum absolute atomic E-state index is 0.273. The lowest BCUT2D eigenvalue weighted by molar-refractivity contribution is 0.144. The molecule has 0 N–H and O–H groups in total. The first-order valence-electron chi connectivity index (χ1n) is 2.78. The van der Waals surface area contributed by atoms with Crippen molar-refractivity contribution in [1.29, 1.82) is 0 Å². The van der Waals surface area contributed by atoms with E-state index in [1.54, 1.807) is 6.92 Å². The van der Waals surface area contributed by atoms with Crippen molar-refractivity contribution in [3.8, 4) is 0 Å². The van der Waals surface area contributed by atoms with E-state index >= 15 is 0 Å². The van der Waals surface area contributed by atoms with E-state index < -0.39 is 6.43 Å². The van der Waals surface area contributed by atoms with Crippen LogP contribution >= 0.6 is 0 Å². The molecule has 0 aliphatic rings. The summed E-state index contributed by atoms with van der Waals surface area (Å²) in [6.07, 6.45) is -2.52. The maximum atomic E-state index is 11.8. The molecule has 0 saturated carbocycles. The minimum Gasteiger partial charge on any atom is -0.203 e. The molecule has 0 aliphatic carbocycles. The molecule has 1 aromatic heterocycles. The smallest absolute Gasteiger partial charge is 0.203 e. The number of halogens is 2. The average molecular weight is 144 g/mol. The molecule has 0 atom stereocenters. The Kier molecular flexibility index (Phi) is 1.89. The van der Waals surface area contributed by atoms with Crippen molar-refractivity contribution in [2.24, 2.45) is 0 Å². The fourth-order valence-electron chi connectivity index (χ4n) is 0.526. The van der Waals surface area contributed by atoms with Crippen LogP contribution < -0.4 is 0 Å². The number of rotatable bonds is 1. The second-order valence-corrected chi connectivity index (χ2v) is 1.90. The molecule has 1 heterocycles. The Balaban J connectivity index is 2.89. The molecule has 0 radical (unpaired) electrons. The van der Waals surface area contributed by atoms with Crippen molar-refractivity contribution in [2.45, 2.75) is 13.3 Å². The van der Waals surface area contributed by atoms with Crippen molar-refractivity contribution >= 4 is 0 Å². The summed E-state index contributed by atoms with van der Waals surface area (Å²) in [5.74, 6) is 0. The molecule has 0 unspecified atom stereocenters. The predicted molar refractivity (Wildman–Crippen MR) is 31.7 cm³/mol. The quantitative estimate of drug-likeness (QED) is 0.599. The molecule has 0 bridgehead atoms. The number of hydrogen-bond acceptors (Lipinski definition) is 2. The summed E-state index contributed by atoms with van der Waals surface area (Å²) < 4.78 is 23.6. The lowest BCUT2D eigenvalue weighted by Crippen LogP contribution is -1.93. The third kappa shape index (κ3) is 1.46. The van der Waals surface area contributed by atoms with Gasteiger partial charge in [-0.2, -0.15) is 5.10 Å². The Labute approximate surface area is 56.9 Å². The van der Waals surface area contributed by atoms with Crippen LogP contribution in [0.2, 0.25) is 0 Å². The monoisotopic (exact) mass is 144 g/mol. The molecular weight excluding hydrogens is 138 g/mol.